The third-order valence-electron chi connectivity index (χ3n) is 6.84. The first-order chi connectivity index (χ1) is 16.0. The Hall–Kier alpha value is -2.27. The van der Waals surface area contributed by atoms with Gasteiger partial charge in [-0.15, -0.1) is 0 Å². The van der Waals surface area contributed by atoms with E-state index in [1.807, 2.05) is 0 Å². The second-order valence-electron chi connectivity index (χ2n) is 9.53. The molecule has 0 amide bonds. The highest BCUT2D eigenvalue weighted by atomic mass is 32.2. The Morgan fingerprint density at radius 3 is 2.26 bits per heavy atom. The number of fused-ring (bicyclic) bond motifs is 1. The number of methoxy groups -OCH3 is 1. The topological polar surface area (TPSA) is 98.6 Å². The van der Waals surface area contributed by atoms with Crippen molar-refractivity contribution in [1.82, 2.24) is 13.3 Å². The quantitative estimate of drug-likeness (QED) is 0.484. The number of benzene rings is 1. The molecule has 0 bridgehead atoms. The van der Waals surface area contributed by atoms with Gasteiger partial charge >= 0.3 is 0 Å². The van der Waals surface area contributed by atoms with Crippen molar-refractivity contribution in [2.45, 2.75) is 48.3 Å². The molecule has 0 saturated heterocycles. The SMILES string of the molecule is COCC1(C)CCC(c2cn(S(=O)(=O)c3ccc(S(=O)(=O)N(C)C)cc3)c3cccnc23)CC1. The van der Waals surface area contributed by atoms with E-state index < -0.39 is 20.0 Å². The molecule has 2 heterocycles. The van der Waals surface area contributed by atoms with Crippen LogP contribution in [0, 0.1) is 5.41 Å². The van der Waals surface area contributed by atoms with E-state index in [2.05, 4.69) is 11.9 Å². The first-order valence-electron chi connectivity index (χ1n) is 11.2. The van der Waals surface area contributed by atoms with Crippen LogP contribution in [-0.4, -0.2) is 57.9 Å². The van der Waals surface area contributed by atoms with Crippen molar-refractivity contribution >= 4 is 31.1 Å². The zero-order chi connectivity index (χ0) is 24.7. The first-order valence-corrected chi connectivity index (χ1v) is 14.1. The van der Waals surface area contributed by atoms with Gasteiger partial charge in [0.15, 0.2) is 0 Å². The largest absolute Gasteiger partial charge is 0.384 e. The van der Waals surface area contributed by atoms with Gasteiger partial charge in [0.2, 0.25) is 10.0 Å². The summed E-state index contributed by atoms with van der Waals surface area (Å²) < 4.78 is 59.7. The molecule has 10 heteroatoms. The Morgan fingerprint density at radius 1 is 1.06 bits per heavy atom. The lowest BCUT2D eigenvalue weighted by molar-refractivity contribution is 0.0582. The zero-order valence-corrected chi connectivity index (χ0v) is 21.6. The molecule has 1 aromatic carbocycles. The fourth-order valence-electron chi connectivity index (χ4n) is 4.78. The van der Waals surface area contributed by atoms with Gasteiger partial charge in [0.25, 0.3) is 10.0 Å². The Bertz CT molecular complexity index is 1390. The standard InChI is InChI=1S/C24H31N3O5S2/c1-24(17-32-4)13-11-18(12-14-24)21-16-27(22-6-5-15-25-23(21)22)34(30,31)20-9-7-19(8-10-20)33(28,29)26(2)3/h5-10,15-16,18H,11-14,17H2,1-4H3. The number of hydrogen-bond acceptors (Lipinski definition) is 6. The fourth-order valence-corrected chi connectivity index (χ4v) is 7.05. The molecule has 34 heavy (non-hydrogen) atoms. The number of hydrogen-bond donors (Lipinski definition) is 0. The summed E-state index contributed by atoms with van der Waals surface area (Å²) in [5.74, 6) is 0.214. The van der Waals surface area contributed by atoms with Crippen LogP contribution in [-0.2, 0) is 24.8 Å². The number of nitrogens with zero attached hydrogens (tertiary/aromatic N) is 3. The molecule has 1 aliphatic carbocycles. The Balaban J connectivity index is 1.72. The van der Waals surface area contributed by atoms with Gasteiger partial charge in [0, 0.05) is 39.2 Å². The molecule has 1 aliphatic rings. The smallest absolute Gasteiger partial charge is 0.268 e. The van der Waals surface area contributed by atoms with Crippen LogP contribution in [0.1, 0.15) is 44.1 Å². The summed E-state index contributed by atoms with van der Waals surface area (Å²) in [4.78, 5) is 4.59. The highest BCUT2D eigenvalue weighted by molar-refractivity contribution is 7.90. The predicted octanol–water partition coefficient (Wildman–Crippen LogP) is 3.83. The fraction of sp³-hybridized carbons (Fsp3) is 0.458. The Morgan fingerprint density at radius 2 is 1.68 bits per heavy atom. The van der Waals surface area contributed by atoms with E-state index in [4.69, 9.17) is 4.74 Å². The van der Waals surface area contributed by atoms with E-state index in [9.17, 15) is 16.8 Å². The van der Waals surface area contributed by atoms with Crippen molar-refractivity contribution < 1.29 is 21.6 Å². The summed E-state index contributed by atoms with van der Waals surface area (Å²) in [6.45, 7) is 2.95. The molecule has 1 fully saturated rings. The van der Waals surface area contributed by atoms with E-state index in [0.29, 0.717) is 17.6 Å². The van der Waals surface area contributed by atoms with E-state index in [1.54, 1.807) is 31.6 Å². The van der Waals surface area contributed by atoms with Gasteiger partial charge in [0.05, 0.1) is 27.4 Å². The molecular formula is C24H31N3O5S2. The van der Waals surface area contributed by atoms with Gasteiger partial charge in [-0.1, -0.05) is 6.92 Å². The van der Waals surface area contributed by atoms with Crippen molar-refractivity contribution in [2.75, 3.05) is 27.8 Å². The van der Waals surface area contributed by atoms with Gasteiger partial charge in [-0.25, -0.2) is 25.1 Å². The second kappa shape index (κ2) is 9.07. The summed E-state index contributed by atoms with van der Waals surface area (Å²) >= 11 is 0. The summed E-state index contributed by atoms with van der Waals surface area (Å²) in [6.07, 6.45) is 7.25. The molecule has 2 aromatic heterocycles. The van der Waals surface area contributed by atoms with E-state index in [0.717, 1.165) is 35.6 Å². The zero-order valence-electron chi connectivity index (χ0n) is 19.9. The number of ether oxygens (including phenoxy) is 1. The van der Waals surface area contributed by atoms with Crippen molar-refractivity contribution in [3.8, 4) is 0 Å². The van der Waals surface area contributed by atoms with Gasteiger partial charge in [-0.2, -0.15) is 0 Å². The van der Waals surface area contributed by atoms with Crippen molar-refractivity contribution in [3.05, 3.63) is 54.4 Å². The highest BCUT2D eigenvalue weighted by Crippen LogP contribution is 2.45. The summed E-state index contributed by atoms with van der Waals surface area (Å²) in [7, 11) is -3.01. The van der Waals surface area contributed by atoms with Crippen LogP contribution in [0.5, 0.6) is 0 Å². The minimum atomic E-state index is -3.95. The third-order valence-corrected chi connectivity index (χ3v) is 10.4. The molecular weight excluding hydrogens is 474 g/mol. The van der Waals surface area contributed by atoms with Gasteiger partial charge < -0.3 is 4.74 Å². The minimum absolute atomic E-state index is 0.0221. The molecule has 0 spiro atoms. The lowest BCUT2D eigenvalue weighted by atomic mass is 9.70. The van der Waals surface area contributed by atoms with Gasteiger partial charge in [-0.05, 0) is 73.4 Å². The van der Waals surface area contributed by atoms with Crippen LogP contribution in [0.3, 0.4) is 0 Å². The lowest BCUT2D eigenvalue weighted by Gasteiger charge is -2.36. The van der Waals surface area contributed by atoms with Crippen molar-refractivity contribution in [1.29, 1.82) is 0 Å². The van der Waals surface area contributed by atoms with Crippen molar-refractivity contribution in [3.63, 3.8) is 0 Å². The van der Waals surface area contributed by atoms with Gasteiger partial charge in [-0.3, -0.25) is 4.98 Å². The average Bonchev–Trinajstić information content (AvgIpc) is 3.20. The van der Waals surface area contributed by atoms with Crippen LogP contribution >= 0.6 is 0 Å². The maximum absolute atomic E-state index is 13.6. The van der Waals surface area contributed by atoms with Crippen LogP contribution in [0.25, 0.3) is 11.0 Å². The number of rotatable bonds is 7. The van der Waals surface area contributed by atoms with Crippen LogP contribution in [0.2, 0.25) is 0 Å². The molecule has 1 saturated carbocycles. The molecule has 184 valence electrons. The predicted molar refractivity (Wildman–Crippen MR) is 131 cm³/mol. The van der Waals surface area contributed by atoms with E-state index >= 15 is 0 Å². The minimum Gasteiger partial charge on any atom is -0.384 e. The molecule has 0 aliphatic heterocycles. The van der Waals surface area contributed by atoms with Gasteiger partial charge in [0.1, 0.15) is 0 Å². The van der Waals surface area contributed by atoms with Crippen LogP contribution in [0.4, 0.5) is 0 Å². The number of aromatic nitrogens is 2. The normalized spacial score (nSPS) is 21.9. The maximum Gasteiger partial charge on any atom is 0.268 e. The van der Waals surface area contributed by atoms with Crippen molar-refractivity contribution in [2.24, 2.45) is 5.41 Å². The molecule has 8 nitrogen and oxygen atoms in total. The Kier molecular flexibility index (Phi) is 6.63. The molecule has 3 aromatic rings. The number of pyridine rings is 1. The molecule has 0 radical (unpaired) electrons. The first kappa shape index (κ1) is 24.8. The van der Waals surface area contributed by atoms with E-state index in [-0.39, 0.29) is 21.1 Å². The Labute approximate surface area is 201 Å². The highest BCUT2D eigenvalue weighted by Gasteiger charge is 2.34. The molecule has 0 unspecified atom stereocenters. The monoisotopic (exact) mass is 505 g/mol. The lowest BCUT2D eigenvalue weighted by Crippen LogP contribution is -2.28. The van der Waals surface area contributed by atoms with E-state index in [1.165, 1.54) is 42.3 Å². The van der Waals surface area contributed by atoms with Crippen LogP contribution in [0.15, 0.2) is 58.6 Å². The second-order valence-corrected chi connectivity index (χ2v) is 13.5. The average molecular weight is 506 g/mol. The molecule has 4 rings (SSSR count). The summed E-state index contributed by atoms with van der Waals surface area (Å²) in [5, 5.41) is 0. The summed E-state index contributed by atoms with van der Waals surface area (Å²) in [5.41, 5.74) is 2.29. The number of sulfonamides is 1. The molecule has 0 atom stereocenters. The maximum atomic E-state index is 13.6. The molecule has 0 N–H and O–H groups in total. The third kappa shape index (κ3) is 4.39. The summed E-state index contributed by atoms with van der Waals surface area (Å²) in [6, 6.07) is 8.80. The van der Waals surface area contributed by atoms with Crippen LogP contribution < -0.4 is 0 Å².